The van der Waals surface area contributed by atoms with Gasteiger partial charge in [0, 0.05) is 30.8 Å². The Balaban J connectivity index is 2.13. The average Bonchev–Trinajstić information content (AvgIpc) is 2.94. The van der Waals surface area contributed by atoms with E-state index in [1.54, 1.807) is 0 Å². The van der Waals surface area contributed by atoms with Crippen molar-refractivity contribution in [3.8, 4) is 0 Å². The summed E-state index contributed by atoms with van der Waals surface area (Å²) in [5, 5.41) is 29.3. The number of rotatable bonds is 3. The van der Waals surface area contributed by atoms with Gasteiger partial charge in [-0.05, 0) is 0 Å². The van der Waals surface area contributed by atoms with Crippen molar-refractivity contribution in [1.82, 2.24) is 0 Å². The number of carbonyl (C=O) groups is 1. The predicted octanol–water partition coefficient (Wildman–Crippen LogP) is -2.68. The molecule has 6 atom stereocenters. The van der Waals surface area contributed by atoms with Crippen LogP contribution in [0.5, 0.6) is 0 Å². The Labute approximate surface area is 86.4 Å². The molecule has 2 fully saturated rings. The second-order valence-corrected chi connectivity index (χ2v) is 3.95. The first-order chi connectivity index (χ1) is 7.11. The highest BCUT2D eigenvalue weighted by molar-refractivity contribution is 5.72. The quantitative estimate of drug-likeness (QED) is 0.534. The van der Waals surface area contributed by atoms with Crippen LogP contribution in [0.25, 0.3) is 0 Å². The molecule has 86 valence electrons. The Bertz CT molecular complexity index is 267. The molecule has 0 unspecified atom stereocenters. The number of aliphatic hydroxyl groups excluding tert-OH is 2. The minimum atomic E-state index is -1.20. The van der Waals surface area contributed by atoms with Gasteiger partial charge in [-0.15, -0.1) is 0 Å². The molecule has 1 saturated carbocycles. The summed E-state index contributed by atoms with van der Waals surface area (Å²) in [6.07, 6.45) is -2.42. The van der Waals surface area contributed by atoms with E-state index in [0.29, 0.717) is 0 Å². The van der Waals surface area contributed by atoms with Gasteiger partial charge in [0.05, 0.1) is 12.7 Å². The summed E-state index contributed by atoms with van der Waals surface area (Å²) in [6, 6.07) is 0. The first-order valence-electron chi connectivity index (χ1n) is 4.79. The zero-order valence-corrected chi connectivity index (χ0v) is 8.20. The molecule has 0 radical (unpaired) electrons. The summed E-state index contributed by atoms with van der Waals surface area (Å²) in [7, 11) is 1.40. The highest BCUT2D eigenvalue weighted by atomic mass is 16.7. The third-order valence-corrected chi connectivity index (χ3v) is 3.22. The smallest absolute Gasteiger partial charge is 0.161 e. The fourth-order valence-corrected chi connectivity index (χ4v) is 2.42. The van der Waals surface area contributed by atoms with Crippen LogP contribution in [0.3, 0.4) is 0 Å². The maximum absolute atomic E-state index is 10.7. The molecular weight excluding hydrogens is 204 g/mol. The number of carboxylic acids is 1. The fourth-order valence-electron chi connectivity index (χ4n) is 2.42. The highest BCUT2D eigenvalue weighted by Gasteiger charge is 2.64. The van der Waals surface area contributed by atoms with Gasteiger partial charge in [0.25, 0.3) is 0 Å². The van der Waals surface area contributed by atoms with Gasteiger partial charge >= 0.3 is 0 Å². The van der Waals surface area contributed by atoms with E-state index in [1.807, 2.05) is 0 Å². The number of carbonyl (C=O) groups excluding carboxylic acids is 1. The monoisotopic (exact) mass is 217 g/mol. The Hall–Kier alpha value is -0.690. The topological polar surface area (TPSA) is 99.1 Å². The molecular formula is C9H13O6-. The fraction of sp³-hybridized carbons (Fsp3) is 0.889. The number of aliphatic carboxylic acids is 1. The minimum absolute atomic E-state index is 0.357. The average molecular weight is 217 g/mol. The number of hydrogen-bond donors (Lipinski definition) is 2. The molecule has 6 heteroatoms. The molecule has 0 spiro atoms. The number of fused-ring (bicyclic) bond motifs is 1. The molecule has 0 aromatic carbocycles. The molecule has 0 amide bonds. The SMILES string of the molecule is CO[C@H]1O[C@H](CO)[C@@H](O)[C@@H]2[C@H](C(=O)[O-])[C@H]12. The zero-order valence-electron chi connectivity index (χ0n) is 8.20. The Kier molecular flexibility index (Phi) is 2.68. The predicted molar refractivity (Wildman–Crippen MR) is 44.2 cm³/mol. The number of ether oxygens (including phenoxy) is 2. The van der Waals surface area contributed by atoms with Crippen LogP contribution in [0.2, 0.25) is 0 Å². The van der Waals surface area contributed by atoms with Gasteiger partial charge in [-0.3, -0.25) is 0 Å². The number of methoxy groups -OCH3 is 1. The van der Waals surface area contributed by atoms with E-state index in [9.17, 15) is 15.0 Å². The first kappa shape index (κ1) is 10.8. The van der Waals surface area contributed by atoms with Gasteiger partial charge in [-0.25, -0.2) is 0 Å². The van der Waals surface area contributed by atoms with Crippen molar-refractivity contribution in [1.29, 1.82) is 0 Å². The number of hydrogen-bond acceptors (Lipinski definition) is 6. The molecule has 1 aliphatic carbocycles. The normalized spacial score (nSPS) is 48.5. The van der Waals surface area contributed by atoms with Gasteiger partial charge < -0.3 is 29.6 Å². The lowest BCUT2D eigenvalue weighted by Gasteiger charge is -2.31. The lowest BCUT2D eigenvalue weighted by Crippen LogP contribution is -2.43. The molecule has 2 N–H and O–H groups in total. The number of aliphatic hydroxyl groups is 2. The molecule has 2 aliphatic rings. The van der Waals surface area contributed by atoms with Crippen LogP contribution in [0.1, 0.15) is 0 Å². The second kappa shape index (κ2) is 3.71. The van der Waals surface area contributed by atoms with Gasteiger partial charge in [0.1, 0.15) is 6.10 Å². The standard InChI is InChI=1S/C9H14O6/c1-14-9-6-4(5(6)8(12)13)7(11)3(2-10)15-9/h3-7,9-11H,2H2,1H3,(H,12,13)/p-1/t3-,4-,5+,6-,7-,9+/m1/s1. The lowest BCUT2D eigenvalue weighted by atomic mass is 10.0. The van der Waals surface area contributed by atoms with E-state index in [0.717, 1.165) is 0 Å². The van der Waals surface area contributed by atoms with Crippen molar-refractivity contribution in [2.75, 3.05) is 13.7 Å². The van der Waals surface area contributed by atoms with E-state index >= 15 is 0 Å². The van der Waals surface area contributed by atoms with E-state index in [4.69, 9.17) is 14.6 Å². The third-order valence-electron chi connectivity index (χ3n) is 3.22. The summed E-state index contributed by atoms with van der Waals surface area (Å²) in [5.74, 6) is -2.72. The second-order valence-electron chi connectivity index (χ2n) is 3.95. The number of carboxylic acid groups (broad SMARTS) is 1. The van der Waals surface area contributed by atoms with Gasteiger partial charge in [0.15, 0.2) is 6.29 Å². The molecule has 1 aliphatic heterocycles. The molecule has 2 rings (SSSR count). The zero-order chi connectivity index (χ0) is 11.2. The minimum Gasteiger partial charge on any atom is -0.550 e. The summed E-state index contributed by atoms with van der Waals surface area (Å²) >= 11 is 0. The Morgan fingerprint density at radius 3 is 2.67 bits per heavy atom. The van der Waals surface area contributed by atoms with Crippen molar-refractivity contribution < 1.29 is 29.6 Å². The van der Waals surface area contributed by atoms with Crippen LogP contribution in [0.4, 0.5) is 0 Å². The maximum atomic E-state index is 10.7. The van der Waals surface area contributed by atoms with E-state index in [-0.39, 0.29) is 12.5 Å². The molecule has 0 aromatic rings. The van der Waals surface area contributed by atoms with Crippen molar-refractivity contribution in [2.45, 2.75) is 18.5 Å². The van der Waals surface area contributed by atoms with Crippen LogP contribution in [-0.4, -0.2) is 48.4 Å². The van der Waals surface area contributed by atoms with E-state index in [1.165, 1.54) is 7.11 Å². The van der Waals surface area contributed by atoms with Crippen molar-refractivity contribution in [2.24, 2.45) is 17.8 Å². The van der Waals surface area contributed by atoms with Crippen molar-refractivity contribution in [3.05, 3.63) is 0 Å². The van der Waals surface area contributed by atoms with E-state index in [2.05, 4.69) is 0 Å². The van der Waals surface area contributed by atoms with Crippen LogP contribution in [-0.2, 0) is 14.3 Å². The Morgan fingerprint density at radius 1 is 1.53 bits per heavy atom. The summed E-state index contributed by atoms with van der Waals surface area (Å²) in [5.41, 5.74) is 0. The molecule has 6 nitrogen and oxygen atoms in total. The van der Waals surface area contributed by atoms with Gasteiger partial charge in [-0.1, -0.05) is 0 Å². The van der Waals surface area contributed by atoms with Crippen molar-refractivity contribution >= 4 is 5.97 Å². The summed E-state index contributed by atoms with van der Waals surface area (Å²) in [6.45, 7) is -0.357. The molecule has 1 heterocycles. The third kappa shape index (κ3) is 1.53. The molecule has 1 saturated heterocycles. The molecule has 0 aromatic heterocycles. The van der Waals surface area contributed by atoms with E-state index < -0.39 is 36.3 Å². The highest BCUT2D eigenvalue weighted by Crippen LogP contribution is 2.55. The van der Waals surface area contributed by atoms with Crippen LogP contribution in [0, 0.1) is 17.8 Å². The first-order valence-corrected chi connectivity index (χ1v) is 4.79. The maximum Gasteiger partial charge on any atom is 0.161 e. The van der Waals surface area contributed by atoms with Gasteiger partial charge in [0.2, 0.25) is 0 Å². The van der Waals surface area contributed by atoms with Crippen LogP contribution >= 0.6 is 0 Å². The van der Waals surface area contributed by atoms with Crippen LogP contribution < -0.4 is 5.11 Å². The largest absolute Gasteiger partial charge is 0.550 e. The summed E-state index contributed by atoms with van der Waals surface area (Å²) in [4.78, 5) is 10.7. The molecule has 15 heavy (non-hydrogen) atoms. The van der Waals surface area contributed by atoms with Crippen molar-refractivity contribution in [3.63, 3.8) is 0 Å². The van der Waals surface area contributed by atoms with Gasteiger partial charge in [-0.2, -0.15) is 0 Å². The van der Waals surface area contributed by atoms with Crippen LogP contribution in [0.15, 0.2) is 0 Å². The lowest BCUT2D eigenvalue weighted by molar-refractivity contribution is -0.309. The summed E-state index contributed by atoms with van der Waals surface area (Å²) < 4.78 is 10.2. The Morgan fingerprint density at radius 2 is 2.20 bits per heavy atom. The molecule has 0 bridgehead atoms.